The molecule has 0 spiro atoms. The molecule has 1 atom stereocenters. The highest BCUT2D eigenvalue weighted by Gasteiger charge is 2.06. The fraction of sp³-hybridized carbons (Fsp3) is 0.333. The third kappa shape index (κ3) is 3.47. The van der Waals surface area contributed by atoms with Crippen LogP contribution in [0.5, 0.6) is 0 Å². The van der Waals surface area contributed by atoms with E-state index in [1.165, 1.54) is 0 Å². The van der Waals surface area contributed by atoms with Crippen molar-refractivity contribution in [2.45, 2.75) is 12.5 Å². The molecule has 4 heteroatoms. The lowest BCUT2D eigenvalue weighted by Gasteiger charge is -2.09. The number of hydrogen-bond donors (Lipinski definition) is 1. The summed E-state index contributed by atoms with van der Waals surface area (Å²) in [6.07, 6.45) is 0.718. The van der Waals surface area contributed by atoms with Gasteiger partial charge >= 0.3 is 0 Å². The Morgan fingerprint density at radius 3 is 2.69 bits per heavy atom. The molecule has 0 bridgehead atoms. The van der Waals surface area contributed by atoms with Crippen molar-refractivity contribution >= 4 is 39.1 Å². The van der Waals surface area contributed by atoms with Crippen molar-refractivity contribution in [2.24, 2.45) is 5.73 Å². The molecule has 1 rings (SSSR count). The van der Waals surface area contributed by atoms with E-state index in [2.05, 4.69) is 15.9 Å². The van der Waals surface area contributed by atoms with Crippen LogP contribution in [0.1, 0.15) is 5.56 Å². The molecular weight excluding hydrogens is 273 g/mol. The molecule has 13 heavy (non-hydrogen) atoms. The van der Waals surface area contributed by atoms with E-state index in [1.54, 1.807) is 0 Å². The van der Waals surface area contributed by atoms with Crippen LogP contribution < -0.4 is 5.73 Å². The van der Waals surface area contributed by atoms with Crippen molar-refractivity contribution in [3.63, 3.8) is 0 Å². The molecule has 0 unspecified atom stereocenters. The lowest BCUT2D eigenvalue weighted by atomic mass is 10.1. The van der Waals surface area contributed by atoms with Gasteiger partial charge in [0.25, 0.3) is 0 Å². The van der Waals surface area contributed by atoms with Gasteiger partial charge in [-0.1, -0.05) is 33.6 Å². The number of hydrogen-bond acceptors (Lipinski definition) is 1. The second-order valence-corrected chi connectivity index (χ2v) is 4.49. The van der Waals surface area contributed by atoms with Crippen molar-refractivity contribution in [3.05, 3.63) is 33.3 Å². The highest BCUT2D eigenvalue weighted by molar-refractivity contribution is 9.10. The minimum Gasteiger partial charge on any atom is -0.326 e. The molecule has 1 aromatic rings. The molecule has 0 aliphatic carbocycles. The third-order valence-electron chi connectivity index (χ3n) is 1.70. The maximum Gasteiger partial charge on any atom is 0.0449 e. The molecule has 1 nitrogen and oxygen atoms in total. The first-order valence-electron chi connectivity index (χ1n) is 3.89. The average Bonchev–Trinajstić information content (AvgIpc) is 2.09. The summed E-state index contributed by atoms with van der Waals surface area (Å²) in [5.41, 5.74) is 6.75. The molecule has 0 saturated carbocycles. The van der Waals surface area contributed by atoms with Crippen LogP contribution in [0.25, 0.3) is 0 Å². The molecule has 1 aromatic carbocycles. The van der Waals surface area contributed by atoms with Gasteiger partial charge in [-0.15, -0.1) is 11.6 Å². The molecule has 0 saturated heterocycles. The lowest BCUT2D eigenvalue weighted by Crippen LogP contribution is -2.24. The Bertz CT molecular complexity index is 291. The van der Waals surface area contributed by atoms with Crippen molar-refractivity contribution in [1.82, 2.24) is 0 Å². The quantitative estimate of drug-likeness (QED) is 0.847. The standard InChI is InChI=1S/C9H10BrCl2N/c10-7-2-1-6(9(12)4-7)3-8(13)5-11/h1-2,4,8H,3,5,13H2/t8-/m0/s1. The molecule has 0 amide bonds. The zero-order valence-electron chi connectivity index (χ0n) is 6.93. The van der Waals surface area contributed by atoms with E-state index in [4.69, 9.17) is 28.9 Å². The molecule has 72 valence electrons. The van der Waals surface area contributed by atoms with Gasteiger partial charge in [0.2, 0.25) is 0 Å². The van der Waals surface area contributed by atoms with E-state index < -0.39 is 0 Å². The Morgan fingerprint density at radius 1 is 1.46 bits per heavy atom. The summed E-state index contributed by atoms with van der Waals surface area (Å²) >= 11 is 14.9. The van der Waals surface area contributed by atoms with Crippen LogP contribution in [-0.4, -0.2) is 11.9 Å². The van der Waals surface area contributed by atoms with Crippen LogP contribution in [0.15, 0.2) is 22.7 Å². The fourth-order valence-corrected chi connectivity index (χ4v) is 1.88. The van der Waals surface area contributed by atoms with E-state index in [-0.39, 0.29) is 6.04 Å². The Morgan fingerprint density at radius 2 is 2.15 bits per heavy atom. The first-order chi connectivity index (χ1) is 6.13. The van der Waals surface area contributed by atoms with Crippen LogP contribution in [0.2, 0.25) is 5.02 Å². The van der Waals surface area contributed by atoms with E-state index in [9.17, 15) is 0 Å². The lowest BCUT2D eigenvalue weighted by molar-refractivity contribution is 0.745. The minimum absolute atomic E-state index is 0.0275. The summed E-state index contributed by atoms with van der Waals surface area (Å²) in [4.78, 5) is 0. The smallest absolute Gasteiger partial charge is 0.0449 e. The van der Waals surface area contributed by atoms with Crippen molar-refractivity contribution < 1.29 is 0 Å². The zero-order valence-corrected chi connectivity index (χ0v) is 10.0. The highest BCUT2D eigenvalue weighted by atomic mass is 79.9. The first-order valence-corrected chi connectivity index (χ1v) is 5.59. The maximum absolute atomic E-state index is 6.00. The zero-order chi connectivity index (χ0) is 9.84. The van der Waals surface area contributed by atoms with Crippen LogP contribution in [0.3, 0.4) is 0 Å². The Labute approximate surface area is 96.3 Å². The Kier molecular flexibility index (Phi) is 4.53. The van der Waals surface area contributed by atoms with E-state index in [1.807, 2.05) is 18.2 Å². The van der Waals surface area contributed by atoms with Crippen molar-refractivity contribution in [3.8, 4) is 0 Å². The summed E-state index contributed by atoms with van der Waals surface area (Å²) < 4.78 is 0.973. The summed E-state index contributed by atoms with van der Waals surface area (Å²) in [7, 11) is 0. The topological polar surface area (TPSA) is 26.0 Å². The molecule has 2 N–H and O–H groups in total. The summed E-state index contributed by atoms with van der Waals surface area (Å²) in [6.45, 7) is 0. The molecule has 0 radical (unpaired) electrons. The largest absolute Gasteiger partial charge is 0.326 e. The van der Waals surface area contributed by atoms with E-state index in [0.29, 0.717) is 5.88 Å². The second kappa shape index (κ2) is 5.20. The van der Waals surface area contributed by atoms with E-state index in [0.717, 1.165) is 21.5 Å². The fourth-order valence-electron chi connectivity index (χ4n) is 1.02. The number of halogens is 3. The second-order valence-electron chi connectivity index (χ2n) is 2.85. The normalized spacial score (nSPS) is 12.9. The Balaban J connectivity index is 2.77. The molecular formula is C9H10BrCl2N. The summed E-state index contributed by atoms with van der Waals surface area (Å²) in [5.74, 6) is 0.451. The van der Waals surface area contributed by atoms with Gasteiger partial charge in [0.15, 0.2) is 0 Å². The molecule has 0 aromatic heterocycles. The first kappa shape index (κ1) is 11.3. The molecule has 0 fully saturated rings. The van der Waals surface area contributed by atoms with Gasteiger partial charge in [-0.3, -0.25) is 0 Å². The number of benzene rings is 1. The van der Waals surface area contributed by atoms with Crippen molar-refractivity contribution in [1.29, 1.82) is 0 Å². The van der Waals surface area contributed by atoms with Gasteiger partial charge in [0.1, 0.15) is 0 Å². The average molecular weight is 283 g/mol. The van der Waals surface area contributed by atoms with E-state index >= 15 is 0 Å². The van der Waals surface area contributed by atoms with Gasteiger partial charge in [-0.2, -0.15) is 0 Å². The number of alkyl halides is 1. The van der Waals surface area contributed by atoms with Gasteiger partial charge in [-0.05, 0) is 24.1 Å². The van der Waals surface area contributed by atoms with Crippen LogP contribution in [0, 0.1) is 0 Å². The highest BCUT2D eigenvalue weighted by Crippen LogP contribution is 2.22. The summed E-state index contributed by atoms with van der Waals surface area (Å²) in [6, 6.07) is 5.74. The maximum atomic E-state index is 6.00. The van der Waals surface area contributed by atoms with Crippen LogP contribution in [-0.2, 0) is 6.42 Å². The molecule has 0 aliphatic heterocycles. The number of rotatable bonds is 3. The molecule has 0 aliphatic rings. The monoisotopic (exact) mass is 281 g/mol. The molecule has 0 heterocycles. The Hall–Kier alpha value is 0.240. The van der Waals surface area contributed by atoms with Crippen LogP contribution >= 0.6 is 39.1 Å². The van der Waals surface area contributed by atoms with Gasteiger partial charge < -0.3 is 5.73 Å². The third-order valence-corrected chi connectivity index (χ3v) is 2.94. The van der Waals surface area contributed by atoms with Crippen LogP contribution in [0.4, 0.5) is 0 Å². The van der Waals surface area contributed by atoms with Gasteiger partial charge in [0.05, 0.1) is 0 Å². The summed E-state index contributed by atoms with van der Waals surface area (Å²) in [5, 5.41) is 0.731. The minimum atomic E-state index is -0.0275. The SMILES string of the molecule is N[C@H](CCl)Cc1ccc(Br)cc1Cl. The predicted molar refractivity (Wildman–Crippen MR) is 61.6 cm³/mol. The van der Waals surface area contributed by atoms with Crippen molar-refractivity contribution in [2.75, 3.05) is 5.88 Å². The van der Waals surface area contributed by atoms with Gasteiger partial charge in [0, 0.05) is 21.4 Å². The predicted octanol–water partition coefficient (Wildman–Crippen LogP) is 3.21. The number of nitrogens with two attached hydrogens (primary N) is 1. The van der Waals surface area contributed by atoms with Gasteiger partial charge in [-0.25, -0.2) is 0 Å².